The quantitative estimate of drug-likeness (QED) is 0.604. The number of rotatable bonds is 9. The van der Waals surface area contributed by atoms with Crippen LogP contribution in [0.5, 0.6) is 0 Å². The Morgan fingerprint density at radius 2 is 1.53 bits per heavy atom. The molecule has 0 amide bonds. The third kappa shape index (κ3) is 7.84. The van der Waals surface area contributed by atoms with Gasteiger partial charge in [0.05, 0.1) is 0 Å². The van der Waals surface area contributed by atoms with E-state index in [4.69, 9.17) is 0 Å². The second-order valence-corrected chi connectivity index (χ2v) is 5.30. The third-order valence-corrected chi connectivity index (χ3v) is 3.14. The van der Waals surface area contributed by atoms with Crippen molar-refractivity contribution in [3.8, 4) is 0 Å². The zero-order chi connectivity index (χ0) is 11.7. The highest BCUT2D eigenvalue weighted by atomic mass is 14.9. The molecule has 92 valence electrons. The van der Waals surface area contributed by atoms with Crippen LogP contribution in [0.4, 0.5) is 0 Å². The smallest absolute Gasteiger partial charge is 0.00925 e. The van der Waals surface area contributed by atoms with Crippen molar-refractivity contribution in [2.24, 2.45) is 11.8 Å². The standard InChI is InChI=1S/C14H31N/c1-6-8-14(15-11-7-2)13(5)10-9-12(3)4/h12-15H,6-11H2,1-5H3. The largest absolute Gasteiger partial charge is 0.314 e. The van der Waals surface area contributed by atoms with Crippen molar-refractivity contribution < 1.29 is 0 Å². The maximum absolute atomic E-state index is 3.69. The van der Waals surface area contributed by atoms with Crippen LogP contribution in [0.15, 0.2) is 0 Å². The molecule has 2 atom stereocenters. The van der Waals surface area contributed by atoms with E-state index in [1.165, 1.54) is 38.6 Å². The Bertz CT molecular complexity index is 131. The van der Waals surface area contributed by atoms with Crippen LogP contribution >= 0.6 is 0 Å². The molecule has 1 nitrogen and oxygen atoms in total. The Hall–Kier alpha value is -0.0400. The highest BCUT2D eigenvalue weighted by Gasteiger charge is 2.15. The Balaban J connectivity index is 3.86. The van der Waals surface area contributed by atoms with Crippen molar-refractivity contribution in [1.82, 2.24) is 5.32 Å². The van der Waals surface area contributed by atoms with E-state index < -0.39 is 0 Å². The zero-order valence-electron chi connectivity index (χ0n) is 11.5. The topological polar surface area (TPSA) is 12.0 Å². The minimum absolute atomic E-state index is 0.744. The lowest BCUT2D eigenvalue weighted by Crippen LogP contribution is -2.35. The number of nitrogens with one attached hydrogen (secondary N) is 1. The lowest BCUT2D eigenvalue weighted by Gasteiger charge is -2.25. The second-order valence-electron chi connectivity index (χ2n) is 5.30. The Labute approximate surface area is 97.0 Å². The van der Waals surface area contributed by atoms with Crippen molar-refractivity contribution in [3.63, 3.8) is 0 Å². The van der Waals surface area contributed by atoms with Gasteiger partial charge < -0.3 is 5.32 Å². The SMILES string of the molecule is CCCNC(CCC)C(C)CCC(C)C. The van der Waals surface area contributed by atoms with E-state index >= 15 is 0 Å². The van der Waals surface area contributed by atoms with Gasteiger partial charge in [0.1, 0.15) is 0 Å². The van der Waals surface area contributed by atoms with E-state index in [1.807, 2.05) is 0 Å². The summed E-state index contributed by atoms with van der Waals surface area (Å²) in [5.74, 6) is 1.68. The van der Waals surface area contributed by atoms with E-state index in [-0.39, 0.29) is 0 Å². The van der Waals surface area contributed by atoms with Crippen LogP contribution in [0.25, 0.3) is 0 Å². The first-order valence-corrected chi connectivity index (χ1v) is 6.85. The molecule has 2 unspecified atom stereocenters. The van der Waals surface area contributed by atoms with Gasteiger partial charge in [0, 0.05) is 6.04 Å². The summed E-state index contributed by atoms with van der Waals surface area (Å²) in [6.07, 6.45) is 6.62. The average Bonchev–Trinajstić information content (AvgIpc) is 2.20. The maximum atomic E-state index is 3.69. The van der Waals surface area contributed by atoms with Crippen LogP contribution in [0, 0.1) is 11.8 Å². The van der Waals surface area contributed by atoms with E-state index in [0.717, 1.165) is 17.9 Å². The molecule has 0 heterocycles. The van der Waals surface area contributed by atoms with E-state index in [0.29, 0.717) is 0 Å². The van der Waals surface area contributed by atoms with Crippen LogP contribution in [0.3, 0.4) is 0 Å². The number of hydrogen-bond donors (Lipinski definition) is 1. The van der Waals surface area contributed by atoms with Crippen molar-refractivity contribution in [2.75, 3.05) is 6.54 Å². The van der Waals surface area contributed by atoms with Gasteiger partial charge >= 0.3 is 0 Å². The zero-order valence-corrected chi connectivity index (χ0v) is 11.5. The normalized spacial score (nSPS) is 15.6. The summed E-state index contributed by atoms with van der Waals surface area (Å²) in [4.78, 5) is 0. The minimum atomic E-state index is 0.744. The van der Waals surface area contributed by atoms with Gasteiger partial charge in [-0.1, -0.05) is 47.5 Å². The summed E-state index contributed by atoms with van der Waals surface area (Å²) in [5.41, 5.74) is 0. The predicted octanol–water partition coefficient (Wildman–Crippen LogP) is 4.23. The molecule has 0 saturated heterocycles. The molecule has 15 heavy (non-hydrogen) atoms. The van der Waals surface area contributed by atoms with Crippen LogP contribution in [0.1, 0.15) is 66.7 Å². The van der Waals surface area contributed by atoms with Crippen molar-refractivity contribution in [3.05, 3.63) is 0 Å². The first-order valence-electron chi connectivity index (χ1n) is 6.85. The third-order valence-electron chi connectivity index (χ3n) is 3.14. The molecular formula is C14H31N. The molecule has 0 aromatic rings. The van der Waals surface area contributed by atoms with Crippen molar-refractivity contribution >= 4 is 0 Å². The first-order chi connectivity index (χ1) is 7.11. The van der Waals surface area contributed by atoms with Gasteiger partial charge in [-0.15, -0.1) is 0 Å². The second kappa shape index (κ2) is 9.21. The summed E-state index contributed by atoms with van der Waals surface area (Å²) in [6, 6.07) is 0.744. The molecule has 0 aliphatic carbocycles. The van der Waals surface area contributed by atoms with Crippen LogP contribution in [-0.4, -0.2) is 12.6 Å². The van der Waals surface area contributed by atoms with Crippen LogP contribution < -0.4 is 5.32 Å². The summed E-state index contributed by atoms with van der Waals surface area (Å²) in [7, 11) is 0. The van der Waals surface area contributed by atoms with E-state index in [2.05, 4.69) is 39.9 Å². The Kier molecular flexibility index (Phi) is 9.18. The highest BCUT2D eigenvalue weighted by molar-refractivity contribution is 4.73. The molecule has 0 bridgehead atoms. The molecule has 0 radical (unpaired) electrons. The lowest BCUT2D eigenvalue weighted by molar-refractivity contribution is 0.318. The summed E-state index contributed by atoms with van der Waals surface area (Å²) < 4.78 is 0. The predicted molar refractivity (Wildman–Crippen MR) is 70.2 cm³/mol. The molecule has 0 saturated carbocycles. The van der Waals surface area contributed by atoms with Gasteiger partial charge in [0.25, 0.3) is 0 Å². The number of hydrogen-bond acceptors (Lipinski definition) is 1. The van der Waals surface area contributed by atoms with Gasteiger partial charge in [-0.2, -0.15) is 0 Å². The molecule has 1 heteroatoms. The van der Waals surface area contributed by atoms with Gasteiger partial charge in [-0.25, -0.2) is 0 Å². The fourth-order valence-corrected chi connectivity index (χ4v) is 2.03. The van der Waals surface area contributed by atoms with Crippen LogP contribution in [0.2, 0.25) is 0 Å². The summed E-state index contributed by atoms with van der Waals surface area (Å²) >= 11 is 0. The van der Waals surface area contributed by atoms with Gasteiger partial charge in [-0.05, 0) is 37.6 Å². The Morgan fingerprint density at radius 1 is 0.867 bits per heavy atom. The molecular weight excluding hydrogens is 182 g/mol. The highest BCUT2D eigenvalue weighted by Crippen LogP contribution is 2.18. The van der Waals surface area contributed by atoms with E-state index in [1.54, 1.807) is 0 Å². The first kappa shape index (κ1) is 15.0. The maximum Gasteiger partial charge on any atom is 0.00925 e. The fourth-order valence-electron chi connectivity index (χ4n) is 2.03. The van der Waals surface area contributed by atoms with Gasteiger partial charge in [0.2, 0.25) is 0 Å². The molecule has 0 spiro atoms. The Morgan fingerprint density at radius 3 is 2.00 bits per heavy atom. The molecule has 1 N–H and O–H groups in total. The minimum Gasteiger partial charge on any atom is -0.314 e. The fraction of sp³-hybridized carbons (Fsp3) is 1.00. The van der Waals surface area contributed by atoms with Crippen molar-refractivity contribution in [2.45, 2.75) is 72.8 Å². The monoisotopic (exact) mass is 213 g/mol. The average molecular weight is 213 g/mol. The van der Waals surface area contributed by atoms with E-state index in [9.17, 15) is 0 Å². The molecule has 0 aliphatic heterocycles. The molecule has 0 fully saturated rings. The van der Waals surface area contributed by atoms with Gasteiger partial charge in [-0.3, -0.25) is 0 Å². The molecule has 0 aliphatic rings. The molecule has 0 aromatic heterocycles. The molecule has 0 rings (SSSR count). The molecule has 0 aromatic carbocycles. The van der Waals surface area contributed by atoms with Crippen molar-refractivity contribution in [1.29, 1.82) is 0 Å². The van der Waals surface area contributed by atoms with Crippen LogP contribution in [-0.2, 0) is 0 Å². The van der Waals surface area contributed by atoms with Gasteiger partial charge in [0.15, 0.2) is 0 Å². The summed E-state index contributed by atoms with van der Waals surface area (Å²) in [5, 5.41) is 3.69. The lowest BCUT2D eigenvalue weighted by atomic mass is 9.90. The summed E-state index contributed by atoms with van der Waals surface area (Å²) in [6.45, 7) is 12.8.